The number of halogens is 3. The lowest BCUT2D eigenvalue weighted by Crippen LogP contribution is -1.75. The molecule has 1 aromatic heterocycles. The zero-order valence-corrected chi connectivity index (χ0v) is 11.1. The highest BCUT2D eigenvalue weighted by molar-refractivity contribution is 6.42. The smallest absolute Gasteiger partial charge is 0.0598 e. The average Bonchev–Trinajstić information content (AvgIpc) is 2.32. The third-order valence-electron chi connectivity index (χ3n) is 2.12. The summed E-state index contributed by atoms with van der Waals surface area (Å²) < 4.78 is 0. The number of benzene rings is 1. The maximum absolute atomic E-state index is 5.92. The highest BCUT2D eigenvalue weighted by Gasteiger charge is 1.96. The van der Waals surface area contributed by atoms with Gasteiger partial charge in [-0.2, -0.15) is 0 Å². The summed E-state index contributed by atoms with van der Waals surface area (Å²) in [5.74, 6) is 0. The monoisotopic (exact) mass is 285 g/mol. The molecule has 0 saturated heterocycles. The predicted octanol–water partition coefficient (Wildman–Crippen LogP) is 4.98. The topological polar surface area (TPSA) is 12.9 Å². The maximum atomic E-state index is 5.92. The largest absolute Gasteiger partial charge is 0.265 e. The highest BCUT2D eigenvalue weighted by atomic mass is 35.5. The first-order chi connectivity index (χ1) is 7.75. The Hall–Kier alpha value is -1.02. The Morgan fingerprint density at radius 1 is 0.824 bits per heavy atom. The molecule has 0 bridgehead atoms. The SMILES string of the molecule is Cl.Clc1ccc(/C=C/c2ccncc2)cc1Cl. The lowest BCUT2D eigenvalue weighted by atomic mass is 10.1. The number of hydrogen-bond donors (Lipinski definition) is 0. The fraction of sp³-hybridized carbons (Fsp3) is 0. The van der Waals surface area contributed by atoms with Gasteiger partial charge in [0.1, 0.15) is 0 Å². The van der Waals surface area contributed by atoms with E-state index in [0.29, 0.717) is 10.0 Å². The van der Waals surface area contributed by atoms with Gasteiger partial charge < -0.3 is 0 Å². The molecule has 88 valence electrons. The number of hydrogen-bond acceptors (Lipinski definition) is 1. The van der Waals surface area contributed by atoms with E-state index in [1.54, 1.807) is 18.5 Å². The minimum Gasteiger partial charge on any atom is -0.265 e. The molecule has 0 N–H and O–H groups in total. The summed E-state index contributed by atoms with van der Waals surface area (Å²) in [5, 5.41) is 1.14. The molecule has 17 heavy (non-hydrogen) atoms. The Balaban J connectivity index is 0.00000144. The van der Waals surface area contributed by atoms with Crippen molar-refractivity contribution >= 4 is 47.8 Å². The van der Waals surface area contributed by atoms with E-state index in [2.05, 4.69) is 4.98 Å². The first kappa shape index (κ1) is 14.0. The van der Waals surface area contributed by atoms with E-state index in [0.717, 1.165) is 11.1 Å². The quantitative estimate of drug-likeness (QED) is 0.758. The number of nitrogens with zero attached hydrogens (tertiary/aromatic N) is 1. The van der Waals surface area contributed by atoms with Gasteiger partial charge in [-0.25, -0.2) is 0 Å². The van der Waals surface area contributed by atoms with Crippen molar-refractivity contribution in [2.45, 2.75) is 0 Å². The van der Waals surface area contributed by atoms with Crippen LogP contribution < -0.4 is 0 Å². The second-order valence-corrected chi connectivity index (χ2v) is 4.10. The summed E-state index contributed by atoms with van der Waals surface area (Å²) in [4.78, 5) is 3.95. The van der Waals surface area contributed by atoms with Crippen LogP contribution in [0.5, 0.6) is 0 Å². The van der Waals surface area contributed by atoms with Gasteiger partial charge in [-0.1, -0.05) is 41.4 Å². The van der Waals surface area contributed by atoms with Crippen LogP contribution in [0.25, 0.3) is 12.2 Å². The van der Waals surface area contributed by atoms with Gasteiger partial charge in [0, 0.05) is 12.4 Å². The van der Waals surface area contributed by atoms with Gasteiger partial charge in [0.15, 0.2) is 0 Å². The van der Waals surface area contributed by atoms with Crippen LogP contribution in [0.15, 0.2) is 42.7 Å². The van der Waals surface area contributed by atoms with E-state index in [1.807, 2.05) is 36.4 Å². The third kappa shape index (κ3) is 4.04. The van der Waals surface area contributed by atoms with E-state index in [1.165, 1.54) is 0 Å². The molecule has 0 spiro atoms. The molecular formula is C13H10Cl3N. The number of rotatable bonds is 2. The van der Waals surface area contributed by atoms with Crippen LogP contribution in [-0.2, 0) is 0 Å². The summed E-state index contributed by atoms with van der Waals surface area (Å²) in [6.45, 7) is 0. The van der Waals surface area contributed by atoms with Crippen molar-refractivity contribution < 1.29 is 0 Å². The molecule has 2 rings (SSSR count). The third-order valence-corrected chi connectivity index (χ3v) is 2.86. The van der Waals surface area contributed by atoms with Crippen molar-refractivity contribution in [1.29, 1.82) is 0 Å². The standard InChI is InChI=1S/C13H9Cl2N.ClH/c14-12-4-3-11(9-13(12)15)2-1-10-5-7-16-8-6-10;/h1-9H;1H/b2-1+;. The first-order valence-electron chi connectivity index (χ1n) is 4.79. The predicted molar refractivity (Wildman–Crippen MR) is 76.9 cm³/mol. The van der Waals surface area contributed by atoms with E-state index in [-0.39, 0.29) is 12.4 Å². The Morgan fingerprint density at radius 3 is 2.12 bits per heavy atom. The van der Waals surface area contributed by atoms with Crippen LogP contribution in [0.4, 0.5) is 0 Å². The molecule has 2 aromatic rings. The molecule has 0 fully saturated rings. The lowest BCUT2D eigenvalue weighted by molar-refractivity contribution is 1.32. The van der Waals surface area contributed by atoms with Gasteiger partial charge in [0.25, 0.3) is 0 Å². The van der Waals surface area contributed by atoms with Crippen molar-refractivity contribution in [3.8, 4) is 0 Å². The molecule has 0 atom stereocenters. The molecule has 1 nitrogen and oxygen atoms in total. The fourth-order valence-electron chi connectivity index (χ4n) is 1.28. The average molecular weight is 287 g/mol. The molecule has 4 heteroatoms. The molecule has 1 heterocycles. The van der Waals surface area contributed by atoms with E-state index < -0.39 is 0 Å². The summed E-state index contributed by atoms with van der Waals surface area (Å²) in [6, 6.07) is 9.42. The van der Waals surface area contributed by atoms with Gasteiger partial charge in [-0.3, -0.25) is 4.98 Å². The summed E-state index contributed by atoms with van der Waals surface area (Å²) in [6.07, 6.45) is 7.50. The summed E-state index contributed by atoms with van der Waals surface area (Å²) in [7, 11) is 0. The normalized spacial score (nSPS) is 10.2. The van der Waals surface area contributed by atoms with Gasteiger partial charge >= 0.3 is 0 Å². The van der Waals surface area contributed by atoms with Crippen LogP contribution in [0.3, 0.4) is 0 Å². The van der Waals surface area contributed by atoms with E-state index in [4.69, 9.17) is 23.2 Å². The molecule has 1 aromatic carbocycles. The van der Waals surface area contributed by atoms with Crippen LogP contribution in [0.1, 0.15) is 11.1 Å². The summed E-state index contributed by atoms with van der Waals surface area (Å²) in [5.41, 5.74) is 2.12. The molecule has 0 aliphatic rings. The maximum Gasteiger partial charge on any atom is 0.0598 e. The minimum absolute atomic E-state index is 0. The molecule has 0 radical (unpaired) electrons. The van der Waals surface area contributed by atoms with Crippen LogP contribution in [0, 0.1) is 0 Å². The highest BCUT2D eigenvalue weighted by Crippen LogP contribution is 2.23. The number of pyridine rings is 1. The Bertz CT molecular complexity index is 509. The van der Waals surface area contributed by atoms with Gasteiger partial charge in [-0.15, -0.1) is 12.4 Å². The Kier molecular flexibility index (Phi) is 5.49. The zero-order chi connectivity index (χ0) is 11.4. The van der Waals surface area contributed by atoms with E-state index >= 15 is 0 Å². The van der Waals surface area contributed by atoms with Gasteiger partial charge in [0.05, 0.1) is 10.0 Å². The molecule has 0 saturated carbocycles. The summed E-state index contributed by atoms with van der Waals surface area (Å²) >= 11 is 11.8. The molecule has 0 aliphatic carbocycles. The van der Waals surface area contributed by atoms with Crippen molar-refractivity contribution in [3.63, 3.8) is 0 Å². The van der Waals surface area contributed by atoms with E-state index in [9.17, 15) is 0 Å². The van der Waals surface area contributed by atoms with Gasteiger partial charge in [0.2, 0.25) is 0 Å². The second-order valence-electron chi connectivity index (χ2n) is 3.29. The molecule has 0 unspecified atom stereocenters. The Morgan fingerprint density at radius 2 is 1.47 bits per heavy atom. The van der Waals surface area contributed by atoms with Crippen LogP contribution in [0.2, 0.25) is 10.0 Å². The zero-order valence-electron chi connectivity index (χ0n) is 8.81. The van der Waals surface area contributed by atoms with Crippen molar-refractivity contribution in [3.05, 3.63) is 63.9 Å². The molecule has 0 aliphatic heterocycles. The van der Waals surface area contributed by atoms with Crippen LogP contribution in [-0.4, -0.2) is 4.98 Å². The van der Waals surface area contributed by atoms with Crippen molar-refractivity contribution in [2.24, 2.45) is 0 Å². The second kappa shape index (κ2) is 6.65. The Labute approximate surface area is 117 Å². The fourth-order valence-corrected chi connectivity index (χ4v) is 1.59. The van der Waals surface area contributed by atoms with Crippen LogP contribution >= 0.6 is 35.6 Å². The molecule has 0 amide bonds. The first-order valence-corrected chi connectivity index (χ1v) is 5.54. The number of aromatic nitrogens is 1. The van der Waals surface area contributed by atoms with Crippen molar-refractivity contribution in [1.82, 2.24) is 4.98 Å². The van der Waals surface area contributed by atoms with Crippen molar-refractivity contribution in [2.75, 3.05) is 0 Å². The lowest BCUT2D eigenvalue weighted by Gasteiger charge is -1.97. The van der Waals surface area contributed by atoms with Gasteiger partial charge in [-0.05, 0) is 35.4 Å². The minimum atomic E-state index is 0. The molecular weight excluding hydrogens is 277 g/mol.